The number of aliphatic hydroxyl groups is 1. The van der Waals surface area contributed by atoms with Crippen molar-refractivity contribution in [3.05, 3.63) is 65.2 Å². The second-order valence-corrected chi connectivity index (χ2v) is 6.28. The van der Waals surface area contributed by atoms with Crippen LogP contribution in [-0.2, 0) is 0 Å². The van der Waals surface area contributed by atoms with Gasteiger partial charge in [-0.15, -0.1) is 0 Å². The Morgan fingerprint density at radius 1 is 1.12 bits per heavy atom. The lowest BCUT2D eigenvalue weighted by atomic mass is 10.0. The van der Waals surface area contributed by atoms with E-state index >= 15 is 0 Å². The lowest BCUT2D eigenvalue weighted by Crippen LogP contribution is -2.37. The summed E-state index contributed by atoms with van der Waals surface area (Å²) < 4.78 is 5.67. The fourth-order valence-electron chi connectivity index (χ4n) is 2.76. The number of ether oxygens (including phenoxy) is 1. The van der Waals surface area contributed by atoms with E-state index in [1.54, 1.807) is 0 Å². The maximum Gasteiger partial charge on any atom is 0.119 e. The molecule has 0 bridgehead atoms. The number of rotatable bonds is 8. The Bertz CT molecular complexity index is 689. The Labute approximate surface area is 150 Å². The largest absolute Gasteiger partial charge is 0.491 e. The molecule has 0 aromatic heterocycles. The van der Waals surface area contributed by atoms with E-state index < -0.39 is 6.10 Å². The molecular weight excluding hydrogens is 312 g/mol. The van der Waals surface area contributed by atoms with Crippen molar-refractivity contribution >= 4 is 0 Å². The van der Waals surface area contributed by atoms with E-state index in [0.717, 1.165) is 17.9 Å². The Morgan fingerprint density at radius 3 is 2.32 bits per heavy atom. The summed E-state index contributed by atoms with van der Waals surface area (Å²) in [5.41, 5.74) is 2.97. The smallest absolute Gasteiger partial charge is 0.119 e. The SMILES string of the molecule is CCN(CC(O)COc1ccc(C)cc1)C(C)c1ccc(C#N)cc1. The molecule has 2 rings (SSSR count). The van der Waals surface area contributed by atoms with Crippen LogP contribution >= 0.6 is 0 Å². The molecule has 2 aromatic carbocycles. The normalized spacial score (nSPS) is 13.3. The Kier molecular flexibility index (Phi) is 7.00. The number of aryl methyl sites for hydroxylation is 1. The summed E-state index contributed by atoms with van der Waals surface area (Å²) in [5.74, 6) is 0.771. The monoisotopic (exact) mass is 338 g/mol. The molecule has 0 saturated carbocycles. The molecule has 2 unspecified atom stereocenters. The molecular formula is C21H26N2O2. The molecule has 1 N–H and O–H groups in total. The van der Waals surface area contributed by atoms with Crippen molar-refractivity contribution < 1.29 is 9.84 Å². The van der Waals surface area contributed by atoms with Gasteiger partial charge in [-0.2, -0.15) is 5.26 Å². The minimum Gasteiger partial charge on any atom is -0.491 e. The topological polar surface area (TPSA) is 56.5 Å². The molecule has 2 aromatic rings. The van der Waals surface area contributed by atoms with E-state index in [2.05, 4.69) is 24.8 Å². The number of nitrogens with zero attached hydrogens (tertiary/aromatic N) is 2. The first-order valence-electron chi connectivity index (χ1n) is 8.65. The van der Waals surface area contributed by atoms with Gasteiger partial charge in [0.05, 0.1) is 11.6 Å². The van der Waals surface area contributed by atoms with Gasteiger partial charge in [-0.25, -0.2) is 0 Å². The van der Waals surface area contributed by atoms with E-state index in [-0.39, 0.29) is 12.6 Å². The summed E-state index contributed by atoms with van der Waals surface area (Å²) in [7, 11) is 0. The number of nitriles is 1. The highest BCUT2D eigenvalue weighted by atomic mass is 16.5. The predicted octanol–water partition coefficient (Wildman–Crippen LogP) is 3.69. The first kappa shape index (κ1) is 19.0. The summed E-state index contributed by atoms with van der Waals surface area (Å²) in [5, 5.41) is 19.2. The van der Waals surface area contributed by atoms with E-state index in [1.165, 1.54) is 5.56 Å². The zero-order valence-corrected chi connectivity index (χ0v) is 15.1. The zero-order valence-electron chi connectivity index (χ0n) is 15.1. The van der Waals surface area contributed by atoms with Crippen molar-refractivity contribution in [2.45, 2.75) is 32.9 Å². The maximum absolute atomic E-state index is 10.3. The van der Waals surface area contributed by atoms with Crippen LogP contribution in [0.1, 0.15) is 36.6 Å². The third-order valence-corrected chi connectivity index (χ3v) is 4.38. The summed E-state index contributed by atoms with van der Waals surface area (Å²) in [4.78, 5) is 2.20. The second-order valence-electron chi connectivity index (χ2n) is 6.28. The summed E-state index contributed by atoms with van der Waals surface area (Å²) >= 11 is 0. The first-order chi connectivity index (χ1) is 12.0. The van der Waals surface area contributed by atoms with Crippen LogP contribution in [-0.4, -0.2) is 35.8 Å². The second kappa shape index (κ2) is 9.22. The fourth-order valence-corrected chi connectivity index (χ4v) is 2.76. The number of likely N-dealkylation sites (N-methyl/N-ethyl adjacent to an activating group) is 1. The average molecular weight is 338 g/mol. The third-order valence-electron chi connectivity index (χ3n) is 4.38. The quantitative estimate of drug-likeness (QED) is 0.797. The zero-order chi connectivity index (χ0) is 18.2. The Balaban J connectivity index is 1.90. The van der Waals surface area contributed by atoms with E-state index in [4.69, 9.17) is 10.00 Å². The summed E-state index contributed by atoms with van der Waals surface area (Å²) in [6.45, 7) is 7.83. The maximum atomic E-state index is 10.3. The van der Waals surface area contributed by atoms with Crippen LogP contribution in [0.15, 0.2) is 48.5 Å². The van der Waals surface area contributed by atoms with Crippen LogP contribution < -0.4 is 4.74 Å². The molecule has 0 heterocycles. The van der Waals surface area contributed by atoms with E-state index in [0.29, 0.717) is 12.1 Å². The Hall–Kier alpha value is -2.35. The van der Waals surface area contributed by atoms with Crippen LogP contribution in [0, 0.1) is 18.3 Å². The van der Waals surface area contributed by atoms with Crippen LogP contribution in [0.4, 0.5) is 0 Å². The molecule has 0 radical (unpaired) electrons. The van der Waals surface area contributed by atoms with Gasteiger partial charge in [0.2, 0.25) is 0 Å². The number of hydrogen-bond donors (Lipinski definition) is 1. The van der Waals surface area contributed by atoms with Gasteiger partial charge in [-0.05, 0) is 50.2 Å². The highest BCUT2D eigenvalue weighted by molar-refractivity contribution is 5.32. The van der Waals surface area contributed by atoms with E-state index in [9.17, 15) is 5.11 Å². The molecule has 2 atom stereocenters. The van der Waals surface area contributed by atoms with Gasteiger partial charge in [0.25, 0.3) is 0 Å². The van der Waals surface area contributed by atoms with Gasteiger partial charge in [0.1, 0.15) is 18.5 Å². The van der Waals surface area contributed by atoms with Crippen LogP contribution in [0.3, 0.4) is 0 Å². The van der Waals surface area contributed by atoms with Crippen molar-refractivity contribution in [1.82, 2.24) is 4.90 Å². The molecule has 25 heavy (non-hydrogen) atoms. The molecule has 0 amide bonds. The minimum absolute atomic E-state index is 0.159. The molecule has 0 aliphatic rings. The summed E-state index contributed by atoms with van der Waals surface area (Å²) in [6, 6.07) is 17.7. The predicted molar refractivity (Wildman–Crippen MR) is 99.5 cm³/mol. The van der Waals surface area contributed by atoms with Gasteiger partial charge >= 0.3 is 0 Å². The Morgan fingerprint density at radius 2 is 1.76 bits per heavy atom. The highest BCUT2D eigenvalue weighted by Gasteiger charge is 2.18. The molecule has 0 aliphatic heterocycles. The van der Waals surface area contributed by atoms with Gasteiger partial charge in [-0.3, -0.25) is 4.90 Å². The van der Waals surface area contributed by atoms with Crippen molar-refractivity contribution in [3.8, 4) is 11.8 Å². The minimum atomic E-state index is -0.568. The molecule has 0 saturated heterocycles. The van der Waals surface area contributed by atoms with Crippen LogP contribution in [0.25, 0.3) is 0 Å². The molecule has 0 spiro atoms. The highest BCUT2D eigenvalue weighted by Crippen LogP contribution is 2.21. The van der Waals surface area contributed by atoms with Gasteiger partial charge in [0, 0.05) is 12.6 Å². The third kappa shape index (κ3) is 5.60. The molecule has 0 aliphatic carbocycles. The first-order valence-corrected chi connectivity index (χ1v) is 8.65. The van der Waals surface area contributed by atoms with Gasteiger partial charge < -0.3 is 9.84 Å². The molecule has 4 heteroatoms. The molecule has 0 fully saturated rings. The lowest BCUT2D eigenvalue weighted by Gasteiger charge is -2.30. The fraction of sp³-hybridized carbons (Fsp3) is 0.381. The van der Waals surface area contributed by atoms with Crippen molar-refractivity contribution in [2.75, 3.05) is 19.7 Å². The summed E-state index contributed by atoms with van der Waals surface area (Å²) in [6.07, 6.45) is -0.568. The standard InChI is InChI=1S/C21H26N2O2/c1-4-23(17(3)19-9-7-18(13-22)8-10-19)14-20(24)15-25-21-11-5-16(2)6-12-21/h5-12,17,20,24H,4,14-15H2,1-3H3. The van der Waals surface area contributed by atoms with Crippen molar-refractivity contribution in [2.24, 2.45) is 0 Å². The van der Waals surface area contributed by atoms with Gasteiger partial charge in [-0.1, -0.05) is 36.8 Å². The van der Waals surface area contributed by atoms with E-state index in [1.807, 2.05) is 55.5 Å². The number of hydrogen-bond acceptors (Lipinski definition) is 4. The van der Waals surface area contributed by atoms with Crippen LogP contribution in [0.5, 0.6) is 5.75 Å². The number of aliphatic hydroxyl groups excluding tert-OH is 1. The lowest BCUT2D eigenvalue weighted by molar-refractivity contribution is 0.0568. The molecule has 132 valence electrons. The van der Waals surface area contributed by atoms with Gasteiger partial charge in [0.15, 0.2) is 0 Å². The molecule has 4 nitrogen and oxygen atoms in total. The van der Waals surface area contributed by atoms with Crippen LogP contribution in [0.2, 0.25) is 0 Å². The average Bonchev–Trinajstić information content (AvgIpc) is 2.65. The number of benzene rings is 2. The van der Waals surface area contributed by atoms with Crippen molar-refractivity contribution in [3.63, 3.8) is 0 Å². The van der Waals surface area contributed by atoms with Crippen molar-refractivity contribution in [1.29, 1.82) is 5.26 Å².